The van der Waals surface area contributed by atoms with Gasteiger partial charge in [0.05, 0.1) is 18.2 Å². The van der Waals surface area contributed by atoms with E-state index < -0.39 is 36.2 Å². The Kier molecular flexibility index (Phi) is 11.8. The Labute approximate surface area is 181 Å². The van der Waals surface area contributed by atoms with Crippen molar-refractivity contribution in [2.45, 2.75) is 46.0 Å². The number of nitrogens with zero attached hydrogens (tertiary/aromatic N) is 1. The van der Waals surface area contributed by atoms with E-state index in [2.05, 4.69) is 4.99 Å². The second kappa shape index (κ2) is 13.8. The van der Waals surface area contributed by atoms with Gasteiger partial charge in [0.15, 0.2) is 6.10 Å². The predicted octanol–water partition coefficient (Wildman–Crippen LogP) is 2.63. The molecule has 0 heterocycles. The Hall–Kier alpha value is -2.39. The van der Waals surface area contributed by atoms with E-state index in [0.29, 0.717) is 6.54 Å². The van der Waals surface area contributed by atoms with Gasteiger partial charge in [-0.05, 0) is 13.2 Å². The first-order valence-corrected chi connectivity index (χ1v) is 10.7. The van der Waals surface area contributed by atoms with Crippen LogP contribution in [-0.2, 0) is 33.3 Å². The van der Waals surface area contributed by atoms with Gasteiger partial charge < -0.3 is 18.9 Å². The van der Waals surface area contributed by atoms with Crippen molar-refractivity contribution < 1.29 is 33.3 Å². The number of ether oxygens (including phenoxy) is 4. The number of carbonyl (C=O) groups excluding carboxylic acids is 3. The Morgan fingerprint density at radius 2 is 1.63 bits per heavy atom. The van der Waals surface area contributed by atoms with Gasteiger partial charge in [0.25, 0.3) is 0 Å². The van der Waals surface area contributed by atoms with Crippen LogP contribution in [0.25, 0.3) is 0 Å². The Balaban J connectivity index is 2.86. The van der Waals surface area contributed by atoms with Crippen LogP contribution in [0.15, 0.2) is 35.3 Å². The highest BCUT2D eigenvalue weighted by atomic mass is 32.2. The molecule has 9 heteroatoms. The standard InChI is InChI=1S/C21H29NO7S/c1-14(28-16(3)24)20(29-17(4)25)19(13-27-15(2)23)26-12-11-22-21(30-5)18-9-7-6-8-10-18/h6-10,14,19-20H,11-13H2,1-5H3/t14-,19-,20+/m1/s1. The van der Waals surface area contributed by atoms with E-state index in [1.807, 2.05) is 36.6 Å². The molecule has 8 nitrogen and oxygen atoms in total. The molecule has 0 fully saturated rings. The van der Waals surface area contributed by atoms with Crippen LogP contribution in [0.2, 0.25) is 0 Å². The van der Waals surface area contributed by atoms with E-state index >= 15 is 0 Å². The van der Waals surface area contributed by atoms with Crippen LogP contribution < -0.4 is 0 Å². The molecule has 1 aromatic rings. The molecule has 0 N–H and O–H groups in total. The molecular weight excluding hydrogens is 410 g/mol. The molecule has 1 rings (SSSR count). The summed E-state index contributed by atoms with van der Waals surface area (Å²) < 4.78 is 21.3. The average molecular weight is 440 g/mol. The van der Waals surface area contributed by atoms with Crippen LogP contribution in [0, 0.1) is 0 Å². The van der Waals surface area contributed by atoms with Gasteiger partial charge in [-0.15, -0.1) is 11.8 Å². The number of hydrogen-bond donors (Lipinski definition) is 0. The predicted molar refractivity (Wildman–Crippen MR) is 115 cm³/mol. The number of thioether (sulfide) groups is 1. The summed E-state index contributed by atoms with van der Waals surface area (Å²) in [6.45, 7) is 5.72. The molecule has 0 aliphatic carbocycles. The van der Waals surface area contributed by atoms with E-state index in [4.69, 9.17) is 18.9 Å². The van der Waals surface area contributed by atoms with Crippen LogP contribution in [0.1, 0.15) is 33.3 Å². The number of benzene rings is 1. The Morgan fingerprint density at radius 3 is 2.17 bits per heavy atom. The SMILES string of the molecule is CSC(=NCCO[C@H](COC(C)=O)[C@@H](OC(C)=O)[C@@H](C)OC(C)=O)c1ccccc1. The van der Waals surface area contributed by atoms with E-state index in [-0.39, 0.29) is 13.2 Å². The summed E-state index contributed by atoms with van der Waals surface area (Å²) in [5, 5.41) is 0.862. The lowest BCUT2D eigenvalue weighted by molar-refractivity contribution is -0.182. The quantitative estimate of drug-likeness (QED) is 0.171. The van der Waals surface area contributed by atoms with Crippen molar-refractivity contribution in [3.63, 3.8) is 0 Å². The topological polar surface area (TPSA) is 100 Å². The normalized spacial score (nSPS) is 14.4. The summed E-state index contributed by atoms with van der Waals surface area (Å²) in [5.41, 5.74) is 1.00. The maximum Gasteiger partial charge on any atom is 0.303 e. The monoisotopic (exact) mass is 439 g/mol. The first kappa shape index (κ1) is 25.6. The van der Waals surface area contributed by atoms with Crippen molar-refractivity contribution in [3.8, 4) is 0 Å². The Bertz CT molecular complexity index is 723. The van der Waals surface area contributed by atoms with Crippen molar-refractivity contribution in [2.24, 2.45) is 4.99 Å². The zero-order chi connectivity index (χ0) is 22.5. The summed E-state index contributed by atoms with van der Waals surface area (Å²) in [7, 11) is 0. The van der Waals surface area contributed by atoms with Gasteiger partial charge in [-0.3, -0.25) is 19.4 Å². The number of hydrogen-bond acceptors (Lipinski definition) is 9. The molecular formula is C21H29NO7S. The van der Waals surface area contributed by atoms with Gasteiger partial charge in [0.2, 0.25) is 0 Å². The zero-order valence-electron chi connectivity index (χ0n) is 18.0. The number of esters is 3. The second-order valence-corrected chi connectivity index (χ2v) is 7.15. The molecule has 166 valence electrons. The molecule has 0 aromatic heterocycles. The fourth-order valence-corrected chi connectivity index (χ4v) is 3.23. The van der Waals surface area contributed by atoms with Gasteiger partial charge in [-0.25, -0.2) is 0 Å². The average Bonchev–Trinajstić information content (AvgIpc) is 2.68. The first-order chi connectivity index (χ1) is 14.2. The molecule has 0 radical (unpaired) electrons. The van der Waals surface area contributed by atoms with E-state index in [0.717, 1.165) is 10.6 Å². The molecule has 3 atom stereocenters. The van der Waals surface area contributed by atoms with Crippen LogP contribution in [0.3, 0.4) is 0 Å². The molecule has 1 aromatic carbocycles. The minimum atomic E-state index is -0.941. The second-order valence-electron chi connectivity index (χ2n) is 6.36. The van der Waals surface area contributed by atoms with Gasteiger partial charge in [0, 0.05) is 26.3 Å². The third-order valence-corrected chi connectivity index (χ3v) is 4.58. The summed E-state index contributed by atoms with van der Waals surface area (Å²) >= 11 is 1.52. The molecule has 0 spiro atoms. The molecule has 0 unspecified atom stereocenters. The minimum Gasteiger partial charge on any atom is -0.463 e. The van der Waals surface area contributed by atoms with Crippen molar-refractivity contribution >= 4 is 34.7 Å². The lowest BCUT2D eigenvalue weighted by Crippen LogP contribution is -2.45. The summed E-state index contributed by atoms with van der Waals surface area (Å²) in [5.74, 6) is -1.60. The summed E-state index contributed by atoms with van der Waals surface area (Å²) in [6, 6.07) is 9.75. The molecule has 30 heavy (non-hydrogen) atoms. The third kappa shape index (κ3) is 9.89. The van der Waals surface area contributed by atoms with Gasteiger partial charge in [0.1, 0.15) is 18.8 Å². The van der Waals surface area contributed by atoms with Gasteiger partial charge in [-0.1, -0.05) is 30.3 Å². The molecule has 0 saturated carbocycles. The smallest absolute Gasteiger partial charge is 0.303 e. The van der Waals surface area contributed by atoms with Crippen LogP contribution >= 0.6 is 11.8 Å². The highest BCUT2D eigenvalue weighted by Crippen LogP contribution is 2.15. The highest BCUT2D eigenvalue weighted by molar-refractivity contribution is 8.13. The lowest BCUT2D eigenvalue weighted by atomic mass is 10.1. The molecule has 0 bridgehead atoms. The van der Waals surface area contributed by atoms with Crippen molar-refractivity contribution in [3.05, 3.63) is 35.9 Å². The molecule has 0 aliphatic rings. The van der Waals surface area contributed by atoms with Crippen molar-refractivity contribution in [1.29, 1.82) is 0 Å². The summed E-state index contributed by atoms with van der Waals surface area (Å²) in [4.78, 5) is 38.7. The number of carbonyl (C=O) groups is 3. The lowest BCUT2D eigenvalue weighted by Gasteiger charge is -2.30. The van der Waals surface area contributed by atoms with E-state index in [9.17, 15) is 14.4 Å². The Morgan fingerprint density at radius 1 is 1.00 bits per heavy atom. The van der Waals surface area contributed by atoms with Crippen LogP contribution in [0.5, 0.6) is 0 Å². The van der Waals surface area contributed by atoms with Gasteiger partial charge in [-0.2, -0.15) is 0 Å². The minimum absolute atomic E-state index is 0.156. The van der Waals surface area contributed by atoms with Crippen LogP contribution in [0.4, 0.5) is 0 Å². The highest BCUT2D eigenvalue weighted by Gasteiger charge is 2.33. The maximum absolute atomic E-state index is 11.6. The van der Waals surface area contributed by atoms with E-state index in [1.165, 1.54) is 32.5 Å². The zero-order valence-corrected chi connectivity index (χ0v) is 18.8. The van der Waals surface area contributed by atoms with Crippen molar-refractivity contribution in [2.75, 3.05) is 26.0 Å². The fraction of sp³-hybridized carbons (Fsp3) is 0.524. The molecule has 0 saturated heterocycles. The summed E-state index contributed by atoms with van der Waals surface area (Å²) in [6.07, 6.45) is -0.615. The number of rotatable bonds is 11. The third-order valence-electron chi connectivity index (χ3n) is 3.83. The van der Waals surface area contributed by atoms with Gasteiger partial charge >= 0.3 is 17.9 Å². The van der Waals surface area contributed by atoms with Crippen molar-refractivity contribution in [1.82, 2.24) is 0 Å². The first-order valence-electron chi connectivity index (χ1n) is 9.47. The molecule has 0 amide bonds. The van der Waals surface area contributed by atoms with E-state index in [1.54, 1.807) is 6.92 Å². The maximum atomic E-state index is 11.6. The fourth-order valence-electron chi connectivity index (χ4n) is 2.64. The van der Waals surface area contributed by atoms with Crippen LogP contribution in [-0.4, -0.2) is 67.3 Å². The number of aliphatic imine (C=N–C) groups is 1. The molecule has 0 aliphatic heterocycles. The largest absolute Gasteiger partial charge is 0.463 e.